The highest BCUT2D eigenvalue weighted by Crippen LogP contribution is 2.47. The van der Waals surface area contributed by atoms with Gasteiger partial charge in [0.25, 0.3) is 0 Å². The second-order valence-electron chi connectivity index (χ2n) is 10.3. The van der Waals surface area contributed by atoms with Crippen LogP contribution < -0.4 is 5.32 Å². The monoisotopic (exact) mass is 563 g/mol. The van der Waals surface area contributed by atoms with Crippen LogP contribution in [-0.2, 0) is 27.0 Å². The van der Waals surface area contributed by atoms with E-state index < -0.39 is 23.9 Å². The molecule has 3 aliphatic heterocycles. The number of benzene rings is 3. The SMILES string of the molecule is O=C(CN1C2OC2[C@@H](N2C(=O)OC[C@@H]2c2ccccc2)[C@H]1/C=C/c1ccccc1)NCc1cccc(C(F)(F)F)c1. The molecule has 0 saturated carbocycles. The molecule has 6 rings (SSSR count). The molecular weight excluding hydrogens is 535 g/mol. The number of alkyl halides is 3. The van der Waals surface area contributed by atoms with Crippen molar-refractivity contribution in [3.05, 3.63) is 113 Å². The van der Waals surface area contributed by atoms with Crippen molar-refractivity contribution < 1.29 is 32.2 Å². The zero-order valence-corrected chi connectivity index (χ0v) is 21.9. The van der Waals surface area contributed by atoms with Gasteiger partial charge in [-0.1, -0.05) is 84.9 Å². The molecule has 10 heteroatoms. The first-order chi connectivity index (χ1) is 19.8. The highest BCUT2D eigenvalue weighted by Gasteiger charge is 2.64. The van der Waals surface area contributed by atoms with Gasteiger partial charge in [0.1, 0.15) is 18.9 Å². The lowest BCUT2D eigenvalue weighted by molar-refractivity contribution is -0.137. The molecule has 212 valence electrons. The summed E-state index contributed by atoms with van der Waals surface area (Å²) >= 11 is 0. The Balaban J connectivity index is 1.22. The number of nitrogens with one attached hydrogen (secondary N) is 1. The van der Waals surface area contributed by atoms with Gasteiger partial charge in [0.15, 0.2) is 0 Å². The summed E-state index contributed by atoms with van der Waals surface area (Å²) in [6.45, 7) is 0.108. The number of carbonyl (C=O) groups excluding carboxylic acids is 2. The molecule has 3 heterocycles. The Labute approximate surface area is 235 Å². The van der Waals surface area contributed by atoms with Gasteiger partial charge in [-0.2, -0.15) is 13.2 Å². The van der Waals surface area contributed by atoms with E-state index in [0.29, 0.717) is 5.56 Å². The molecule has 0 spiro atoms. The van der Waals surface area contributed by atoms with Crippen LogP contribution in [0.15, 0.2) is 91.0 Å². The Morgan fingerprint density at radius 2 is 1.73 bits per heavy atom. The van der Waals surface area contributed by atoms with E-state index in [1.54, 1.807) is 4.90 Å². The third-order valence-electron chi connectivity index (χ3n) is 7.67. The van der Waals surface area contributed by atoms with E-state index in [2.05, 4.69) is 5.32 Å². The average molecular weight is 564 g/mol. The number of carbonyl (C=O) groups is 2. The Morgan fingerprint density at radius 3 is 2.46 bits per heavy atom. The number of fused-ring (bicyclic) bond motifs is 1. The van der Waals surface area contributed by atoms with E-state index >= 15 is 0 Å². The summed E-state index contributed by atoms with van der Waals surface area (Å²) in [5.74, 6) is -0.362. The van der Waals surface area contributed by atoms with Gasteiger partial charge in [0.05, 0.1) is 30.2 Å². The molecule has 0 bridgehead atoms. The highest BCUT2D eigenvalue weighted by atomic mass is 19.4. The number of epoxide rings is 1. The first kappa shape index (κ1) is 27.0. The van der Waals surface area contributed by atoms with Crippen molar-refractivity contribution in [1.82, 2.24) is 15.1 Å². The maximum absolute atomic E-state index is 13.1. The number of hydrogen-bond donors (Lipinski definition) is 1. The number of likely N-dealkylation sites (tertiary alicyclic amines) is 1. The molecule has 3 aliphatic rings. The number of rotatable bonds is 8. The molecule has 2 amide bonds. The normalized spacial score (nSPS) is 25.8. The maximum atomic E-state index is 13.1. The molecule has 5 atom stereocenters. The first-order valence-electron chi connectivity index (χ1n) is 13.4. The minimum absolute atomic E-state index is 0.0476. The second-order valence-corrected chi connectivity index (χ2v) is 10.3. The fourth-order valence-corrected chi connectivity index (χ4v) is 5.68. The standard InChI is InChI=1S/C31H28F3N3O4/c32-31(33,34)23-13-7-10-21(16-23)17-35-26(38)18-36-24(15-14-20-8-3-1-4-9-20)27(28-29(36)41-28)37-25(19-40-30(37)39)22-11-5-2-6-12-22/h1-16,24-25,27-29H,17-19H2,(H,35,38)/b15-14+/t24-,25-,27+,28?,29?/m1/s1. The lowest BCUT2D eigenvalue weighted by Crippen LogP contribution is -2.51. The molecule has 3 fully saturated rings. The number of halogens is 3. The predicted octanol–water partition coefficient (Wildman–Crippen LogP) is 5.01. The second kappa shape index (κ2) is 11.0. The number of nitrogens with zero attached hydrogens (tertiary/aromatic N) is 2. The number of hydrogen-bond acceptors (Lipinski definition) is 5. The van der Waals surface area contributed by atoms with Crippen LogP contribution in [0.2, 0.25) is 0 Å². The van der Waals surface area contributed by atoms with E-state index in [-0.39, 0.29) is 50.0 Å². The van der Waals surface area contributed by atoms with Crippen molar-refractivity contribution in [1.29, 1.82) is 0 Å². The van der Waals surface area contributed by atoms with Crippen molar-refractivity contribution >= 4 is 18.1 Å². The molecular formula is C31H28F3N3O4. The third kappa shape index (κ3) is 5.71. The lowest BCUT2D eigenvalue weighted by atomic mass is 10.00. The molecule has 0 aromatic heterocycles. The largest absolute Gasteiger partial charge is 0.447 e. The average Bonchev–Trinajstić information content (AvgIpc) is 3.59. The van der Waals surface area contributed by atoms with Crippen molar-refractivity contribution in [2.75, 3.05) is 13.2 Å². The Morgan fingerprint density at radius 1 is 1.00 bits per heavy atom. The zero-order chi connectivity index (χ0) is 28.6. The number of amides is 2. The number of cyclic esters (lactones) is 1. The smallest absolute Gasteiger partial charge is 0.416 e. The van der Waals surface area contributed by atoms with E-state index in [4.69, 9.17) is 9.47 Å². The fraction of sp³-hybridized carbons (Fsp3) is 0.290. The van der Waals surface area contributed by atoms with Crippen molar-refractivity contribution in [2.45, 2.75) is 43.2 Å². The van der Waals surface area contributed by atoms with Crippen LogP contribution >= 0.6 is 0 Å². The van der Waals surface area contributed by atoms with Crippen LogP contribution in [-0.4, -0.2) is 59.4 Å². The van der Waals surface area contributed by atoms with E-state index in [9.17, 15) is 22.8 Å². The van der Waals surface area contributed by atoms with Gasteiger partial charge in [0.2, 0.25) is 5.91 Å². The molecule has 1 N–H and O–H groups in total. The van der Waals surface area contributed by atoms with E-state index in [1.807, 2.05) is 77.7 Å². The maximum Gasteiger partial charge on any atom is 0.416 e. The molecule has 41 heavy (non-hydrogen) atoms. The Bertz CT molecular complexity index is 1430. The Kier molecular flexibility index (Phi) is 7.27. The summed E-state index contributed by atoms with van der Waals surface area (Å²) in [5.41, 5.74) is 1.49. The van der Waals surface area contributed by atoms with Crippen LogP contribution in [0.1, 0.15) is 28.3 Å². The molecule has 2 unspecified atom stereocenters. The van der Waals surface area contributed by atoms with Gasteiger partial charge in [-0.3, -0.25) is 14.6 Å². The highest BCUT2D eigenvalue weighted by molar-refractivity contribution is 5.78. The van der Waals surface area contributed by atoms with Crippen LogP contribution in [0.5, 0.6) is 0 Å². The zero-order valence-electron chi connectivity index (χ0n) is 21.9. The molecule has 0 radical (unpaired) electrons. The van der Waals surface area contributed by atoms with Gasteiger partial charge in [-0.05, 0) is 28.8 Å². The number of ether oxygens (including phenoxy) is 2. The fourth-order valence-electron chi connectivity index (χ4n) is 5.68. The van der Waals surface area contributed by atoms with Gasteiger partial charge in [0, 0.05) is 6.54 Å². The van der Waals surface area contributed by atoms with Crippen LogP contribution in [0, 0.1) is 0 Å². The van der Waals surface area contributed by atoms with Crippen molar-refractivity contribution in [3.8, 4) is 0 Å². The molecule has 7 nitrogen and oxygen atoms in total. The van der Waals surface area contributed by atoms with E-state index in [0.717, 1.165) is 23.3 Å². The summed E-state index contributed by atoms with van der Waals surface area (Å²) in [4.78, 5) is 29.7. The molecule has 0 aliphatic carbocycles. The third-order valence-corrected chi connectivity index (χ3v) is 7.67. The topological polar surface area (TPSA) is 74.4 Å². The minimum atomic E-state index is -4.46. The van der Waals surface area contributed by atoms with Gasteiger partial charge < -0.3 is 14.8 Å². The van der Waals surface area contributed by atoms with Crippen LogP contribution in [0.25, 0.3) is 6.08 Å². The van der Waals surface area contributed by atoms with E-state index in [1.165, 1.54) is 12.1 Å². The molecule has 3 aromatic carbocycles. The quantitative estimate of drug-likeness (QED) is 0.391. The summed E-state index contributed by atoms with van der Waals surface area (Å²) in [7, 11) is 0. The van der Waals surface area contributed by atoms with Gasteiger partial charge >= 0.3 is 12.3 Å². The summed E-state index contributed by atoms with van der Waals surface area (Å²) in [5, 5.41) is 2.73. The van der Waals surface area contributed by atoms with Crippen LogP contribution in [0.4, 0.5) is 18.0 Å². The van der Waals surface area contributed by atoms with Crippen molar-refractivity contribution in [3.63, 3.8) is 0 Å². The van der Waals surface area contributed by atoms with Gasteiger partial charge in [-0.15, -0.1) is 0 Å². The Hall–Kier alpha value is -4.15. The molecule has 3 saturated heterocycles. The first-order valence-corrected chi connectivity index (χ1v) is 13.4. The summed E-state index contributed by atoms with van der Waals surface area (Å²) < 4.78 is 50.8. The summed E-state index contributed by atoms with van der Waals surface area (Å²) in [6.07, 6.45) is -1.66. The van der Waals surface area contributed by atoms with Crippen molar-refractivity contribution in [2.24, 2.45) is 0 Å². The summed E-state index contributed by atoms with van der Waals surface area (Å²) in [6, 6.07) is 23.1. The molecule has 3 aromatic rings. The predicted molar refractivity (Wildman–Crippen MR) is 144 cm³/mol. The van der Waals surface area contributed by atoms with Crippen LogP contribution in [0.3, 0.4) is 0 Å². The minimum Gasteiger partial charge on any atom is -0.447 e. The lowest BCUT2D eigenvalue weighted by Gasteiger charge is -2.35. The van der Waals surface area contributed by atoms with Gasteiger partial charge in [-0.25, -0.2) is 4.79 Å².